The van der Waals surface area contributed by atoms with Crippen molar-refractivity contribution < 1.29 is 6.53 Å². The minimum Gasteiger partial charge on any atom is -0.508 e. The predicted molar refractivity (Wildman–Crippen MR) is 137 cm³/mol. The van der Waals surface area contributed by atoms with Gasteiger partial charge in [-0.1, -0.05) is 52.3 Å². The van der Waals surface area contributed by atoms with Crippen LogP contribution in [0.15, 0.2) is 42.1 Å². The van der Waals surface area contributed by atoms with Crippen molar-refractivity contribution in [1.82, 2.24) is 5.32 Å². The molecule has 172 valence electrons. The van der Waals surface area contributed by atoms with E-state index in [4.69, 9.17) is 0 Å². The zero-order valence-electron chi connectivity index (χ0n) is 20.1. The number of anilines is 1. The Kier molecular flexibility index (Phi) is 7.74. The highest BCUT2D eigenvalue weighted by Crippen LogP contribution is 2.45. The van der Waals surface area contributed by atoms with Crippen molar-refractivity contribution in [3.05, 3.63) is 58.1 Å². The topological polar surface area (TPSA) is 44.3 Å². The molecular weight excluding hydrogens is 400 g/mol. The molecular formula is C27H42N2OS. The molecule has 2 aliphatic rings. The summed E-state index contributed by atoms with van der Waals surface area (Å²) >= 11 is 1.91. The lowest BCUT2D eigenvalue weighted by molar-refractivity contribution is 0.375. The molecule has 1 aromatic heterocycles. The van der Waals surface area contributed by atoms with Gasteiger partial charge < -0.3 is 15.7 Å². The van der Waals surface area contributed by atoms with Crippen LogP contribution in [0, 0.1) is 12.8 Å². The van der Waals surface area contributed by atoms with Gasteiger partial charge in [-0.3, -0.25) is 0 Å². The molecule has 1 aliphatic heterocycles. The van der Waals surface area contributed by atoms with Crippen LogP contribution in [0.1, 0.15) is 83.7 Å². The van der Waals surface area contributed by atoms with E-state index in [0.29, 0.717) is 23.6 Å². The molecule has 1 aromatic carbocycles. The predicted octanol–water partition coefficient (Wildman–Crippen LogP) is 7.62. The van der Waals surface area contributed by atoms with E-state index in [1.807, 2.05) is 44.2 Å². The fourth-order valence-corrected chi connectivity index (χ4v) is 5.59. The zero-order chi connectivity index (χ0) is 22.6. The number of aromatic hydroxyl groups is 1. The van der Waals surface area contributed by atoms with Gasteiger partial charge in [0.1, 0.15) is 5.75 Å². The van der Waals surface area contributed by atoms with Crippen molar-refractivity contribution in [2.75, 3.05) is 5.32 Å². The maximum atomic E-state index is 10.0. The third-order valence-electron chi connectivity index (χ3n) is 6.99. The highest BCUT2D eigenvalue weighted by Gasteiger charge is 2.43. The van der Waals surface area contributed by atoms with E-state index in [1.165, 1.54) is 34.7 Å². The lowest BCUT2D eigenvalue weighted by atomic mass is 9.86. The Hall–Kier alpha value is -1.94. The first-order chi connectivity index (χ1) is 14.9. The summed E-state index contributed by atoms with van der Waals surface area (Å²) in [6.07, 6.45) is 7.92. The van der Waals surface area contributed by atoms with Gasteiger partial charge in [0.2, 0.25) is 0 Å². The van der Waals surface area contributed by atoms with Crippen LogP contribution in [0.25, 0.3) is 0 Å². The fourth-order valence-electron chi connectivity index (χ4n) is 4.40. The van der Waals surface area contributed by atoms with Gasteiger partial charge in [-0.2, -0.15) is 0 Å². The summed E-state index contributed by atoms with van der Waals surface area (Å²) in [5, 5.41) is 18.7. The molecule has 1 aliphatic carbocycles. The van der Waals surface area contributed by atoms with Crippen LogP contribution in [-0.4, -0.2) is 16.7 Å². The minimum absolute atomic E-state index is 0. The molecule has 1 fully saturated rings. The minimum atomic E-state index is 0. The fraction of sp³-hybridized carbons (Fsp3) is 0.556. The van der Waals surface area contributed by atoms with Gasteiger partial charge in [0.15, 0.2) is 0 Å². The number of hydrogen-bond donors (Lipinski definition) is 3. The van der Waals surface area contributed by atoms with Crippen LogP contribution in [0.4, 0.5) is 5.00 Å². The van der Waals surface area contributed by atoms with Crippen LogP contribution in [-0.2, 0) is 6.42 Å². The highest BCUT2D eigenvalue weighted by molar-refractivity contribution is 7.16. The van der Waals surface area contributed by atoms with Crippen molar-refractivity contribution in [3.63, 3.8) is 0 Å². The summed E-state index contributed by atoms with van der Waals surface area (Å²) in [6, 6.07) is 11.2. The summed E-state index contributed by atoms with van der Waals surface area (Å²) in [7, 11) is 0. The molecule has 0 radical (unpaired) electrons. The van der Waals surface area contributed by atoms with E-state index in [2.05, 4.69) is 55.8 Å². The third-order valence-corrected chi connectivity index (χ3v) is 8.20. The number of aryl methyl sites for hydroxylation is 1. The number of phenolic OH excluding ortho intramolecular Hbond substituents is 1. The van der Waals surface area contributed by atoms with Crippen molar-refractivity contribution in [3.8, 4) is 5.75 Å². The maximum Gasteiger partial charge on any atom is 0.118 e. The molecule has 1 saturated carbocycles. The maximum absolute atomic E-state index is 10.0. The molecule has 3 unspecified atom stereocenters. The zero-order valence-corrected chi connectivity index (χ0v) is 20.9. The molecule has 0 bridgehead atoms. The van der Waals surface area contributed by atoms with Crippen LogP contribution in [0.3, 0.4) is 0 Å². The second-order valence-corrected chi connectivity index (χ2v) is 10.3. The molecule has 0 saturated heterocycles. The van der Waals surface area contributed by atoms with Crippen LogP contribution >= 0.6 is 11.3 Å². The lowest BCUT2D eigenvalue weighted by Crippen LogP contribution is -2.30. The number of nitrogens with one attached hydrogen (secondary N) is 2. The Morgan fingerprint density at radius 3 is 2.58 bits per heavy atom. The number of rotatable bonds is 8. The van der Waals surface area contributed by atoms with Gasteiger partial charge in [0.25, 0.3) is 0 Å². The highest BCUT2D eigenvalue weighted by atomic mass is 32.1. The van der Waals surface area contributed by atoms with E-state index < -0.39 is 0 Å². The van der Waals surface area contributed by atoms with E-state index in [1.54, 1.807) is 5.57 Å². The SMILES string of the molecule is CC.CCC1=CNC(C(C)C(C)c2ccc(NC3(Cc4ccc(C)c(O)c4)CC3)s2)C1.[HH]. The van der Waals surface area contributed by atoms with E-state index >= 15 is 0 Å². The molecule has 3 N–H and O–H groups in total. The lowest BCUT2D eigenvalue weighted by Gasteiger charge is -2.26. The van der Waals surface area contributed by atoms with Crippen molar-refractivity contribution in [1.29, 1.82) is 0 Å². The largest absolute Gasteiger partial charge is 0.508 e. The van der Waals surface area contributed by atoms with Gasteiger partial charge in [0.05, 0.1) is 5.00 Å². The Bertz CT molecular complexity index is 903. The monoisotopic (exact) mass is 442 g/mol. The van der Waals surface area contributed by atoms with Gasteiger partial charge in [-0.15, -0.1) is 11.3 Å². The van der Waals surface area contributed by atoms with E-state index in [0.717, 1.165) is 18.4 Å². The normalized spacial score (nSPS) is 20.7. The van der Waals surface area contributed by atoms with Gasteiger partial charge in [-0.25, -0.2) is 0 Å². The first-order valence-electron chi connectivity index (χ1n) is 12.0. The standard InChI is InChI=1S/C25H34N2OS.C2H6.H2/c1-5-19-12-21(26-15-19)17(3)18(4)23-8-9-24(29-23)27-25(10-11-25)14-20-7-6-16(2)22(28)13-20;1-2;/h6-9,13,15,17-18,21,26-28H,5,10-12,14H2,1-4H3;1-2H3;1H. The van der Waals surface area contributed by atoms with Crippen LogP contribution in [0.2, 0.25) is 0 Å². The number of benzene rings is 1. The summed E-state index contributed by atoms with van der Waals surface area (Å²) in [6.45, 7) is 12.9. The molecule has 0 spiro atoms. The van der Waals surface area contributed by atoms with Crippen LogP contribution < -0.4 is 10.6 Å². The average molecular weight is 443 g/mol. The first-order valence-corrected chi connectivity index (χ1v) is 12.8. The first kappa shape index (κ1) is 23.7. The smallest absolute Gasteiger partial charge is 0.118 e. The molecule has 4 rings (SSSR count). The van der Waals surface area contributed by atoms with E-state index in [9.17, 15) is 5.11 Å². The number of thiophene rings is 1. The van der Waals surface area contributed by atoms with Gasteiger partial charge >= 0.3 is 0 Å². The quantitative estimate of drug-likeness (QED) is 0.394. The van der Waals surface area contributed by atoms with Gasteiger partial charge in [-0.05, 0) is 86.4 Å². The second kappa shape index (κ2) is 10.1. The molecule has 3 atom stereocenters. The average Bonchev–Trinajstić information content (AvgIpc) is 3.17. The summed E-state index contributed by atoms with van der Waals surface area (Å²) < 4.78 is 0. The van der Waals surface area contributed by atoms with Crippen molar-refractivity contribution in [2.45, 2.75) is 91.1 Å². The molecule has 2 heterocycles. The third kappa shape index (κ3) is 5.65. The van der Waals surface area contributed by atoms with Crippen molar-refractivity contribution >= 4 is 16.3 Å². The Balaban J connectivity index is 0.00000118. The van der Waals surface area contributed by atoms with Gasteiger partial charge in [0, 0.05) is 17.9 Å². The molecule has 4 heteroatoms. The molecule has 0 amide bonds. The number of phenols is 1. The summed E-state index contributed by atoms with van der Waals surface area (Å²) in [5.74, 6) is 1.55. The number of hydrogen-bond acceptors (Lipinski definition) is 4. The molecule has 31 heavy (non-hydrogen) atoms. The summed E-state index contributed by atoms with van der Waals surface area (Å²) in [4.78, 5) is 1.47. The molecule has 2 aromatic rings. The summed E-state index contributed by atoms with van der Waals surface area (Å²) in [5.41, 5.74) is 3.85. The Morgan fingerprint density at radius 2 is 1.97 bits per heavy atom. The van der Waals surface area contributed by atoms with Crippen molar-refractivity contribution in [2.24, 2.45) is 5.92 Å². The Labute approximate surface area is 194 Å². The Morgan fingerprint density at radius 1 is 1.23 bits per heavy atom. The second-order valence-electron chi connectivity index (χ2n) is 9.19. The molecule has 3 nitrogen and oxygen atoms in total. The van der Waals surface area contributed by atoms with Crippen LogP contribution in [0.5, 0.6) is 5.75 Å². The van der Waals surface area contributed by atoms with E-state index in [-0.39, 0.29) is 6.97 Å².